The molecule has 0 amide bonds. The molecule has 9 nitrogen and oxygen atoms in total. The molecule has 5 aromatic rings. The van der Waals surface area contributed by atoms with Crippen LogP contribution in [0, 0.1) is 25.5 Å². The van der Waals surface area contributed by atoms with Crippen molar-refractivity contribution >= 4 is 11.6 Å². The van der Waals surface area contributed by atoms with Crippen LogP contribution in [0.1, 0.15) is 44.9 Å². The molecule has 6 rings (SSSR count). The molecule has 1 aliphatic rings. The topological polar surface area (TPSA) is 96.3 Å². The van der Waals surface area contributed by atoms with E-state index in [4.69, 9.17) is 15.7 Å². The fraction of sp³-hybridized carbons (Fsp3) is 0.259. The molecule has 1 saturated carbocycles. The van der Waals surface area contributed by atoms with Gasteiger partial charge < -0.3 is 0 Å². The van der Waals surface area contributed by atoms with Gasteiger partial charge in [-0.25, -0.2) is 18.4 Å². The van der Waals surface area contributed by atoms with Crippen molar-refractivity contribution in [2.24, 2.45) is 14.0 Å². The van der Waals surface area contributed by atoms with E-state index in [0.717, 1.165) is 4.57 Å². The smallest absolute Gasteiger partial charge is 0.274 e. The lowest BCUT2D eigenvalue weighted by atomic mass is 10.0. The summed E-state index contributed by atoms with van der Waals surface area (Å²) < 4.78 is 56.9. The van der Waals surface area contributed by atoms with Crippen LogP contribution in [0.25, 0.3) is 28.3 Å². The molecule has 0 spiro atoms. The van der Waals surface area contributed by atoms with E-state index in [1.54, 1.807) is 33.0 Å². The second-order valence-corrected chi connectivity index (χ2v) is 9.91. The van der Waals surface area contributed by atoms with Crippen LogP contribution >= 0.6 is 11.6 Å². The number of nitrogens with zero attached hydrogens (tertiary/aromatic N) is 8. The number of pyridine rings is 2. The normalized spacial score (nSPS) is 18.1. The van der Waals surface area contributed by atoms with E-state index in [9.17, 15) is 4.79 Å². The lowest BCUT2D eigenvalue weighted by molar-refractivity contribution is 0.601. The van der Waals surface area contributed by atoms with Gasteiger partial charge in [0.05, 0.1) is 23.1 Å². The van der Waals surface area contributed by atoms with Crippen molar-refractivity contribution in [2.75, 3.05) is 0 Å². The van der Waals surface area contributed by atoms with Crippen molar-refractivity contribution in [1.29, 1.82) is 0 Å². The first-order valence-corrected chi connectivity index (χ1v) is 12.4. The second kappa shape index (κ2) is 9.19. The van der Waals surface area contributed by atoms with E-state index in [1.807, 2.05) is 0 Å². The fourth-order valence-electron chi connectivity index (χ4n) is 5.05. The first kappa shape index (κ1) is 21.7. The van der Waals surface area contributed by atoms with Crippen LogP contribution in [0.15, 0.2) is 47.8 Å². The molecule has 0 unspecified atom stereocenters. The van der Waals surface area contributed by atoms with Gasteiger partial charge in [-0.15, -0.1) is 0 Å². The maximum Gasteiger partial charge on any atom is 0.274 e. The molecule has 39 heavy (non-hydrogen) atoms. The number of aryl methyl sites for hydroxylation is 4. The van der Waals surface area contributed by atoms with Crippen molar-refractivity contribution in [3.8, 4) is 28.3 Å². The summed E-state index contributed by atoms with van der Waals surface area (Å²) in [6.45, 7) is 0.751. The summed E-state index contributed by atoms with van der Waals surface area (Å²) in [4.78, 5) is 22.6. The van der Waals surface area contributed by atoms with E-state index in [1.165, 1.54) is 35.5 Å². The number of aromatic nitrogens is 8. The first-order valence-electron chi connectivity index (χ1n) is 13.5. The Balaban J connectivity index is 1.41. The minimum atomic E-state index is -2.50. The molecule has 0 saturated heterocycles. The zero-order valence-corrected chi connectivity index (χ0v) is 21.8. The molecular weight excluding hydrogens is 526 g/mol. The summed E-state index contributed by atoms with van der Waals surface area (Å²) in [5, 5.41) is 11.8. The highest BCUT2D eigenvalue weighted by Crippen LogP contribution is 2.55. The van der Waals surface area contributed by atoms with E-state index in [-0.39, 0.29) is 45.2 Å². The van der Waals surface area contributed by atoms with Crippen molar-refractivity contribution < 1.29 is 12.9 Å². The average Bonchev–Trinajstić information content (AvgIpc) is 3.32. The van der Waals surface area contributed by atoms with Crippen LogP contribution < -0.4 is 5.56 Å². The minimum Gasteiger partial charge on any atom is -0.277 e. The van der Waals surface area contributed by atoms with Gasteiger partial charge >= 0.3 is 0 Å². The van der Waals surface area contributed by atoms with Gasteiger partial charge in [-0.05, 0) is 55.5 Å². The molecule has 0 N–H and O–H groups in total. The van der Waals surface area contributed by atoms with Crippen molar-refractivity contribution in [3.63, 3.8) is 0 Å². The van der Waals surface area contributed by atoms with Gasteiger partial charge in [0, 0.05) is 41.5 Å². The Morgan fingerprint density at radius 3 is 2.59 bits per heavy atom. The van der Waals surface area contributed by atoms with E-state index < -0.39 is 24.2 Å². The van der Waals surface area contributed by atoms with Crippen LogP contribution in [0.4, 0.5) is 8.78 Å². The third-order valence-electron chi connectivity index (χ3n) is 7.05. The minimum absolute atomic E-state index is 0.0904. The lowest BCUT2D eigenvalue weighted by Gasteiger charge is -2.18. The molecule has 2 atom stereocenters. The second-order valence-electron chi connectivity index (χ2n) is 9.53. The highest BCUT2D eigenvalue weighted by Gasteiger charge is 2.43. The van der Waals surface area contributed by atoms with Crippen LogP contribution in [-0.2, 0) is 14.0 Å². The molecule has 0 radical (unpaired) electrons. The fourth-order valence-corrected chi connectivity index (χ4v) is 5.33. The molecule has 0 bridgehead atoms. The van der Waals surface area contributed by atoms with Crippen LogP contribution in [-0.4, -0.2) is 39.3 Å². The molecule has 1 aliphatic carbocycles. The summed E-state index contributed by atoms with van der Waals surface area (Å²) in [6, 6.07) is 6.19. The van der Waals surface area contributed by atoms with E-state index in [0.29, 0.717) is 33.7 Å². The predicted octanol–water partition coefficient (Wildman–Crippen LogP) is 4.64. The Morgan fingerprint density at radius 1 is 1.08 bits per heavy atom. The number of halogens is 3. The third-order valence-corrected chi connectivity index (χ3v) is 7.43. The summed E-state index contributed by atoms with van der Waals surface area (Å²) >= 11 is 6.59. The number of benzene rings is 1. The van der Waals surface area contributed by atoms with Gasteiger partial charge in [-0.1, -0.05) is 17.7 Å². The number of hydrogen-bond acceptors (Lipinski definition) is 6. The summed E-state index contributed by atoms with van der Waals surface area (Å²) in [6.07, 6.45) is 4.66. The molecule has 1 fully saturated rings. The predicted molar refractivity (Wildman–Crippen MR) is 141 cm³/mol. The Kier molecular flexibility index (Phi) is 5.11. The largest absolute Gasteiger partial charge is 0.277 e. The SMILES string of the molecule is [2H]C([2H])([2H])n1ncc([C@H]2C[C@@H]2c2cc(C)n(-c3c(C)cnc(-c4cccc(-c5ncnn5C)c4F)c3F)c(=O)c2Cl)n1. The zero-order valence-electron chi connectivity index (χ0n) is 24.0. The standard InChI is InChI=1S/C27H23ClF2N8O/c1-13-10-31-24(15-6-5-7-16(22(15)29)26-32-12-34-36(26)3)23(30)25(13)38-14(2)8-19(21(28)27(38)39)17-9-18(17)20-11-33-37(4)35-20/h5-8,10-12,17-18H,9H2,1-4H3/t17-,18-/m0/s1/i4D3. The monoisotopic (exact) mass is 551 g/mol. The molecule has 4 aromatic heterocycles. The van der Waals surface area contributed by atoms with Gasteiger partial charge in [0.1, 0.15) is 22.9 Å². The molecule has 12 heteroatoms. The Morgan fingerprint density at radius 2 is 1.87 bits per heavy atom. The summed E-state index contributed by atoms with van der Waals surface area (Å²) in [7, 11) is 1.62. The maximum absolute atomic E-state index is 16.3. The van der Waals surface area contributed by atoms with E-state index >= 15 is 8.78 Å². The maximum atomic E-state index is 16.3. The first-order chi connectivity index (χ1) is 19.9. The highest BCUT2D eigenvalue weighted by atomic mass is 35.5. The quantitative estimate of drug-likeness (QED) is 0.316. The number of hydrogen-bond donors (Lipinski definition) is 0. The molecule has 1 aromatic carbocycles. The Hall–Kier alpha value is -4.25. The summed E-state index contributed by atoms with van der Waals surface area (Å²) in [5.74, 6) is -1.71. The Labute approximate surface area is 230 Å². The van der Waals surface area contributed by atoms with Crippen molar-refractivity contribution in [3.05, 3.63) is 92.5 Å². The van der Waals surface area contributed by atoms with Crippen LogP contribution in [0.3, 0.4) is 0 Å². The van der Waals surface area contributed by atoms with E-state index in [2.05, 4.69) is 25.3 Å². The zero-order chi connectivity index (χ0) is 30.1. The van der Waals surface area contributed by atoms with Gasteiger partial charge in [0.15, 0.2) is 11.6 Å². The summed E-state index contributed by atoms with van der Waals surface area (Å²) in [5.41, 5.74) is 0.804. The lowest BCUT2D eigenvalue weighted by Crippen LogP contribution is -2.24. The Bertz CT molecular complexity index is 1930. The van der Waals surface area contributed by atoms with Gasteiger partial charge in [0.2, 0.25) is 0 Å². The van der Waals surface area contributed by atoms with Crippen LogP contribution in [0.5, 0.6) is 0 Å². The average molecular weight is 552 g/mol. The van der Waals surface area contributed by atoms with Gasteiger partial charge in [0.25, 0.3) is 5.56 Å². The molecule has 4 heterocycles. The molecular formula is C27H23ClF2N8O. The highest BCUT2D eigenvalue weighted by molar-refractivity contribution is 6.31. The van der Waals surface area contributed by atoms with Crippen molar-refractivity contribution in [1.82, 2.24) is 39.3 Å². The molecule has 0 aliphatic heterocycles. The molecule has 198 valence electrons. The van der Waals surface area contributed by atoms with Gasteiger partial charge in [-0.3, -0.25) is 14.3 Å². The van der Waals surface area contributed by atoms with Crippen molar-refractivity contribution in [2.45, 2.75) is 32.1 Å². The van der Waals surface area contributed by atoms with Crippen LogP contribution in [0.2, 0.25) is 5.02 Å². The third kappa shape index (κ3) is 4.04. The number of rotatable bonds is 5. The van der Waals surface area contributed by atoms with Gasteiger partial charge in [-0.2, -0.15) is 20.1 Å².